The van der Waals surface area contributed by atoms with Gasteiger partial charge in [-0.15, -0.1) is 11.3 Å². The van der Waals surface area contributed by atoms with E-state index in [2.05, 4.69) is 198 Å². The molecule has 0 bridgehead atoms. The van der Waals surface area contributed by atoms with Crippen molar-refractivity contribution in [1.29, 1.82) is 0 Å². The molecule has 0 N–H and O–H groups in total. The standard InChI is InChI=1S/C56H38N2O2S/c1-3-19-37(20-4-1)57(45-29-15-27-43-41-25-11-13-31-49(41)59-53(43)45)47-33-35-17-7-9-23-39(35)51-52-40-24-10-8-18-36(40)34-48(56(52)61-55(47)51)58(38-21-5-2-6-22-38)46-30-16-28-44-42-26-12-14-32-50(42)60-54(44)46/h1-11,13-25,27-28,30-34,45H,12,26,29H2. The monoisotopic (exact) mass is 802 g/mol. The molecule has 0 saturated carbocycles. The summed E-state index contributed by atoms with van der Waals surface area (Å²) in [5, 5.41) is 9.76. The second kappa shape index (κ2) is 13.6. The molecule has 0 aliphatic heterocycles. The zero-order chi connectivity index (χ0) is 40.0. The van der Waals surface area contributed by atoms with Crippen LogP contribution in [0.4, 0.5) is 28.4 Å². The van der Waals surface area contributed by atoms with Crippen molar-refractivity contribution in [3.63, 3.8) is 0 Å². The van der Waals surface area contributed by atoms with Gasteiger partial charge in [0.15, 0.2) is 5.58 Å². The van der Waals surface area contributed by atoms with Crippen LogP contribution in [0, 0.1) is 0 Å². The summed E-state index contributed by atoms with van der Waals surface area (Å²) in [7, 11) is 0. The van der Waals surface area contributed by atoms with E-state index in [1.165, 1.54) is 58.4 Å². The Kier molecular flexibility index (Phi) is 7.69. The van der Waals surface area contributed by atoms with Gasteiger partial charge >= 0.3 is 0 Å². The highest BCUT2D eigenvalue weighted by atomic mass is 32.1. The Balaban J connectivity index is 1.15. The van der Waals surface area contributed by atoms with E-state index in [1.54, 1.807) is 0 Å². The second-order valence-electron chi connectivity index (χ2n) is 16.2. The zero-order valence-electron chi connectivity index (χ0n) is 33.2. The maximum Gasteiger partial charge on any atom is 0.159 e. The number of para-hydroxylation sites is 4. The molecule has 290 valence electrons. The van der Waals surface area contributed by atoms with Crippen LogP contribution in [0.2, 0.25) is 0 Å². The lowest BCUT2D eigenvalue weighted by Crippen LogP contribution is -2.25. The fraction of sp³-hybridized carbons (Fsp3) is 0.0714. The lowest BCUT2D eigenvalue weighted by Gasteiger charge is -2.34. The first kappa shape index (κ1) is 34.5. The number of aryl methyl sites for hydroxylation is 1. The largest absolute Gasteiger partial charge is 0.458 e. The average Bonchev–Trinajstić information content (AvgIpc) is 4.03. The van der Waals surface area contributed by atoms with Gasteiger partial charge in [0.2, 0.25) is 0 Å². The van der Waals surface area contributed by atoms with Crippen LogP contribution in [0.15, 0.2) is 185 Å². The Bertz CT molecular complexity index is 3590. The molecule has 3 aromatic heterocycles. The van der Waals surface area contributed by atoms with E-state index in [4.69, 9.17) is 8.83 Å². The number of rotatable bonds is 6. The third-order valence-electron chi connectivity index (χ3n) is 12.8. The Morgan fingerprint density at radius 2 is 1.16 bits per heavy atom. The minimum atomic E-state index is -0.0713. The molecule has 0 fully saturated rings. The third-order valence-corrected chi connectivity index (χ3v) is 14.0. The summed E-state index contributed by atoms with van der Waals surface area (Å²) in [4.78, 5) is 4.99. The van der Waals surface area contributed by atoms with Gasteiger partial charge in [-0.1, -0.05) is 133 Å². The molecule has 5 heteroatoms. The fourth-order valence-corrected chi connectivity index (χ4v) is 11.5. The summed E-state index contributed by atoms with van der Waals surface area (Å²) in [6.45, 7) is 0. The number of furan rings is 2. The first-order valence-electron chi connectivity index (χ1n) is 21.2. The summed E-state index contributed by atoms with van der Waals surface area (Å²) in [5.74, 6) is 1.97. The summed E-state index contributed by atoms with van der Waals surface area (Å²) in [6, 6.07) is 59.3. The van der Waals surface area contributed by atoms with Crippen LogP contribution in [0.3, 0.4) is 0 Å². The number of hydrogen-bond donors (Lipinski definition) is 0. The lowest BCUT2D eigenvalue weighted by atomic mass is 9.94. The van der Waals surface area contributed by atoms with Crippen LogP contribution in [-0.4, -0.2) is 0 Å². The molecule has 0 spiro atoms. The van der Waals surface area contributed by atoms with E-state index in [0.29, 0.717) is 0 Å². The van der Waals surface area contributed by atoms with Gasteiger partial charge < -0.3 is 18.6 Å². The zero-order valence-corrected chi connectivity index (χ0v) is 34.0. The highest BCUT2D eigenvalue weighted by Gasteiger charge is 2.33. The highest BCUT2D eigenvalue weighted by molar-refractivity contribution is 7.27. The number of benzene rings is 8. The van der Waals surface area contributed by atoms with Crippen LogP contribution in [0.25, 0.3) is 75.8 Å². The first-order chi connectivity index (χ1) is 30.3. The average molecular weight is 803 g/mol. The van der Waals surface area contributed by atoms with Crippen LogP contribution in [-0.2, 0) is 6.42 Å². The number of nitrogens with zero attached hydrogens (tertiary/aromatic N) is 2. The Morgan fingerprint density at radius 3 is 1.93 bits per heavy atom. The van der Waals surface area contributed by atoms with Crippen LogP contribution in [0.5, 0.6) is 0 Å². The minimum Gasteiger partial charge on any atom is -0.458 e. The van der Waals surface area contributed by atoms with Crippen LogP contribution >= 0.6 is 11.3 Å². The van der Waals surface area contributed by atoms with Crippen molar-refractivity contribution >= 4 is 116 Å². The summed E-state index contributed by atoms with van der Waals surface area (Å²) in [6.07, 6.45) is 11.7. The van der Waals surface area contributed by atoms with Gasteiger partial charge in [0.25, 0.3) is 0 Å². The highest BCUT2D eigenvalue weighted by Crippen LogP contribution is 2.55. The summed E-state index contributed by atoms with van der Waals surface area (Å²) >= 11 is 1.89. The van der Waals surface area contributed by atoms with Crippen LogP contribution < -0.4 is 9.80 Å². The molecule has 0 radical (unpaired) electrons. The molecule has 3 heterocycles. The number of fused-ring (bicyclic) bond motifs is 13. The normalized spacial score (nSPS) is 14.7. The molecule has 11 aromatic rings. The molecular weight excluding hydrogens is 765 g/mol. The number of thiophene rings is 1. The number of anilines is 5. The van der Waals surface area contributed by atoms with Crippen LogP contribution in [0.1, 0.15) is 41.5 Å². The molecule has 8 aromatic carbocycles. The smallest absolute Gasteiger partial charge is 0.159 e. The van der Waals surface area contributed by atoms with Crippen molar-refractivity contribution < 1.29 is 8.83 Å². The van der Waals surface area contributed by atoms with Gasteiger partial charge in [0, 0.05) is 44.0 Å². The lowest BCUT2D eigenvalue weighted by molar-refractivity contribution is 0.489. The molecule has 13 rings (SSSR count). The second-order valence-corrected chi connectivity index (χ2v) is 17.2. The molecule has 1 atom stereocenters. The first-order valence-corrected chi connectivity index (χ1v) is 22.0. The fourth-order valence-electron chi connectivity index (χ4n) is 10.1. The van der Waals surface area contributed by atoms with Gasteiger partial charge in [0.05, 0.1) is 32.5 Å². The van der Waals surface area contributed by atoms with Gasteiger partial charge in [-0.2, -0.15) is 0 Å². The van der Waals surface area contributed by atoms with Crippen molar-refractivity contribution in [2.75, 3.05) is 9.80 Å². The van der Waals surface area contributed by atoms with Gasteiger partial charge in [-0.05, 0) is 95.4 Å². The quantitative estimate of drug-likeness (QED) is 0.168. The van der Waals surface area contributed by atoms with Gasteiger partial charge in [-0.25, -0.2) is 0 Å². The molecule has 0 saturated heterocycles. The molecule has 4 nitrogen and oxygen atoms in total. The molecule has 1 unspecified atom stereocenters. The maximum atomic E-state index is 6.85. The molecular formula is C56H38N2O2S. The summed E-state index contributed by atoms with van der Waals surface area (Å²) in [5.41, 5.74) is 9.82. The predicted molar refractivity (Wildman–Crippen MR) is 257 cm³/mol. The van der Waals surface area contributed by atoms with E-state index in [-0.39, 0.29) is 6.04 Å². The van der Waals surface area contributed by atoms with Crippen molar-refractivity contribution in [2.24, 2.45) is 0 Å². The predicted octanol–water partition coefficient (Wildman–Crippen LogP) is 16.6. The summed E-state index contributed by atoms with van der Waals surface area (Å²) < 4.78 is 16.1. The molecule has 0 amide bonds. The van der Waals surface area contributed by atoms with Crippen molar-refractivity contribution in [3.05, 3.63) is 199 Å². The SMILES string of the molecule is C1=Cc2oc3c(N(c4ccccc4)c4cc5ccccc5c5c4sc4c(N(c6ccccc6)C6CC=Cc7c6oc6ccccc76)cc6ccccc6c45)cccc3c2CC1. The molecule has 2 aliphatic carbocycles. The van der Waals surface area contributed by atoms with Crippen molar-refractivity contribution in [1.82, 2.24) is 0 Å². The molecule has 2 aliphatic rings. The van der Waals surface area contributed by atoms with E-state index in [1.807, 2.05) is 11.3 Å². The topological polar surface area (TPSA) is 32.8 Å². The van der Waals surface area contributed by atoms with Gasteiger partial charge in [0.1, 0.15) is 17.1 Å². The van der Waals surface area contributed by atoms with E-state index < -0.39 is 0 Å². The Morgan fingerprint density at radius 1 is 0.525 bits per heavy atom. The van der Waals surface area contributed by atoms with E-state index >= 15 is 0 Å². The Hall–Kier alpha value is -7.34. The maximum absolute atomic E-state index is 6.85. The van der Waals surface area contributed by atoms with Crippen molar-refractivity contribution in [3.8, 4) is 0 Å². The number of allylic oxidation sites excluding steroid dienone is 1. The van der Waals surface area contributed by atoms with Crippen molar-refractivity contribution in [2.45, 2.75) is 25.3 Å². The van der Waals surface area contributed by atoms with E-state index in [0.717, 1.165) is 75.6 Å². The Labute approximate surface area is 356 Å². The third kappa shape index (κ3) is 5.24. The minimum absolute atomic E-state index is 0.0713. The van der Waals surface area contributed by atoms with E-state index in [9.17, 15) is 0 Å². The number of hydrogen-bond acceptors (Lipinski definition) is 5. The van der Waals surface area contributed by atoms with Gasteiger partial charge in [-0.3, -0.25) is 0 Å². The molecule has 61 heavy (non-hydrogen) atoms.